The summed E-state index contributed by atoms with van der Waals surface area (Å²) >= 11 is 0. The van der Waals surface area contributed by atoms with E-state index in [1.54, 1.807) is 13.0 Å². The number of aryl methyl sites for hydroxylation is 1. The molecular weight excluding hydrogens is 357 g/mol. The quantitative estimate of drug-likeness (QED) is 0.748. The van der Waals surface area contributed by atoms with Crippen molar-refractivity contribution in [3.8, 4) is 22.9 Å². The van der Waals surface area contributed by atoms with Gasteiger partial charge >= 0.3 is 0 Å². The first-order chi connectivity index (χ1) is 12.9. The molecule has 0 saturated heterocycles. The molecule has 3 rings (SSSR count). The van der Waals surface area contributed by atoms with Gasteiger partial charge in [0.1, 0.15) is 18.2 Å². The molecule has 1 heterocycles. The van der Waals surface area contributed by atoms with Gasteiger partial charge < -0.3 is 9.72 Å². The number of nitrogens with one attached hydrogen (secondary N) is 1. The zero-order valence-electron chi connectivity index (χ0n) is 14.1. The largest absolute Gasteiger partial charge is 0.486 e. The fourth-order valence-electron chi connectivity index (χ4n) is 2.60. The molecule has 136 valence electrons. The van der Waals surface area contributed by atoms with Gasteiger partial charge in [-0.15, -0.1) is 0 Å². The average Bonchev–Trinajstić information content (AvgIpc) is 2.63. The monoisotopic (exact) mass is 370 g/mol. The number of hydrogen-bond donors (Lipinski definition) is 1. The van der Waals surface area contributed by atoms with Crippen LogP contribution in [0, 0.1) is 35.7 Å². The number of hydrogen-bond acceptors (Lipinski definition) is 3. The van der Waals surface area contributed by atoms with Crippen molar-refractivity contribution >= 4 is 0 Å². The first kappa shape index (κ1) is 18.3. The van der Waals surface area contributed by atoms with Crippen molar-refractivity contribution in [2.75, 3.05) is 0 Å². The highest BCUT2D eigenvalue weighted by molar-refractivity contribution is 5.71. The molecule has 3 aromatic rings. The lowest BCUT2D eigenvalue weighted by atomic mass is 10.0. The smallest absolute Gasteiger partial charge is 0.266 e. The Kier molecular flexibility index (Phi) is 4.99. The maximum atomic E-state index is 14.4. The maximum absolute atomic E-state index is 14.4. The molecule has 4 nitrogen and oxygen atoms in total. The van der Waals surface area contributed by atoms with E-state index in [4.69, 9.17) is 4.74 Å². The van der Waals surface area contributed by atoms with Crippen LogP contribution in [-0.2, 0) is 6.61 Å². The summed E-state index contributed by atoms with van der Waals surface area (Å²) in [6.07, 6.45) is 0. The summed E-state index contributed by atoms with van der Waals surface area (Å²) in [4.78, 5) is 14.4. The average molecular weight is 370 g/mol. The Bertz CT molecular complexity index is 1120. The van der Waals surface area contributed by atoms with E-state index in [0.29, 0.717) is 22.4 Å². The predicted octanol–water partition coefficient (Wildman–Crippen LogP) is 4.22. The molecule has 0 aliphatic heterocycles. The number of ether oxygens (including phenoxy) is 1. The molecule has 0 fully saturated rings. The zero-order chi connectivity index (χ0) is 19.6. The molecule has 0 amide bonds. The zero-order valence-corrected chi connectivity index (χ0v) is 14.1. The van der Waals surface area contributed by atoms with Crippen molar-refractivity contribution in [3.05, 3.63) is 87.1 Å². The Balaban J connectivity index is 1.87. The van der Waals surface area contributed by atoms with Crippen molar-refractivity contribution in [1.29, 1.82) is 5.26 Å². The summed E-state index contributed by atoms with van der Waals surface area (Å²) in [7, 11) is 0. The third-order valence-electron chi connectivity index (χ3n) is 3.90. The Morgan fingerprint density at radius 2 is 1.81 bits per heavy atom. The van der Waals surface area contributed by atoms with E-state index < -0.39 is 23.0 Å². The minimum absolute atomic E-state index is 0.0939. The van der Waals surface area contributed by atoms with Crippen LogP contribution >= 0.6 is 0 Å². The van der Waals surface area contributed by atoms with E-state index in [1.165, 1.54) is 18.2 Å². The molecule has 0 atom stereocenters. The van der Waals surface area contributed by atoms with Crippen LogP contribution in [-0.4, -0.2) is 4.98 Å². The van der Waals surface area contributed by atoms with Gasteiger partial charge in [0.15, 0.2) is 23.2 Å². The highest BCUT2D eigenvalue weighted by Crippen LogP contribution is 2.27. The topological polar surface area (TPSA) is 65.9 Å². The van der Waals surface area contributed by atoms with Crippen LogP contribution in [0.15, 0.2) is 47.3 Å². The normalized spacial score (nSPS) is 10.5. The molecule has 0 bridgehead atoms. The van der Waals surface area contributed by atoms with Gasteiger partial charge in [0, 0.05) is 11.3 Å². The highest BCUT2D eigenvalue weighted by atomic mass is 19.2. The SMILES string of the molecule is Cc1cc(-c2ccc(OCc3ccc(F)c(F)c3)c(F)c2)c(C#N)c(=O)[nH]1. The Morgan fingerprint density at radius 1 is 1.04 bits per heavy atom. The lowest BCUT2D eigenvalue weighted by Gasteiger charge is -2.10. The van der Waals surface area contributed by atoms with Crippen LogP contribution in [0.2, 0.25) is 0 Å². The third-order valence-corrected chi connectivity index (χ3v) is 3.90. The van der Waals surface area contributed by atoms with Crippen LogP contribution in [0.3, 0.4) is 0 Å². The fraction of sp³-hybridized carbons (Fsp3) is 0.100. The van der Waals surface area contributed by atoms with Crippen molar-refractivity contribution in [2.24, 2.45) is 0 Å². The number of rotatable bonds is 4. The number of halogens is 3. The van der Waals surface area contributed by atoms with Crippen LogP contribution in [0.25, 0.3) is 11.1 Å². The van der Waals surface area contributed by atoms with Gasteiger partial charge in [-0.3, -0.25) is 4.79 Å². The van der Waals surface area contributed by atoms with E-state index in [1.807, 2.05) is 6.07 Å². The first-order valence-corrected chi connectivity index (χ1v) is 7.89. The number of aromatic nitrogens is 1. The second-order valence-corrected chi connectivity index (χ2v) is 5.86. The molecule has 27 heavy (non-hydrogen) atoms. The Labute approximate surface area is 152 Å². The second kappa shape index (κ2) is 7.38. The van der Waals surface area contributed by atoms with E-state index in [-0.39, 0.29) is 17.9 Å². The van der Waals surface area contributed by atoms with Crippen LogP contribution < -0.4 is 10.3 Å². The van der Waals surface area contributed by atoms with E-state index in [0.717, 1.165) is 18.2 Å². The molecule has 7 heteroatoms. The molecule has 0 radical (unpaired) electrons. The van der Waals surface area contributed by atoms with Gasteiger partial charge in [0.25, 0.3) is 5.56 Å². The van der Waals surface area contributed by atoms with E-state index >= 15 is 0 Å². The van der Waals surface area contributed by atoms with Gasteiger partial charge in [-0.1, -0.05) is 12.1 Å². The third kappa shape index (κ3) is 3.85. The molecule has 1 aromatic heterocycles. The second-order valence-electron chi connectivity index (χ2n) is 5.86. The molecule has 0 spiro atoms. The Hall–Kier alpha value is -3.53. The summed E-state index contributed by atoms with van der Waals surface area (Å²) in [5.41, 5.74) is 0.868. The molecule has 0 aliphatic rings. The van der Waals surface area contributed by atoms with Gasteiger partial charge in [0.2, 0.25) is 0 Å². The summed E-state index contributed by atoms with van der Waals surface area (Å²) in [5, 5.41) is 9.18. The van der Waals surface area contributed by atoms with Crippen LogP contribution in [0.5, 0.6) is 5.75 Å². The molecule has 1 N–H and O–H groups in total. The standard InChI is InChI=1S/C20H13F3N2O2/c1-11-6-14(15(9-24)20(26)25-11)13-3-5-19(18(23)8-13)27-10-12-2-4-16(21)17(22)7-12/h2-8H,10H2,1H3,(H,25,26). The molecule has 0 aliphatic carbocycles. The highest BCUT2D eigenvalue weighted by Gasteiger charge is 2.13. The van der Waals surface area contributed by atoms with Gasteiger partial charge in [-0.2, -0.15) is 5.26 Å². The minimum Gasteiger partial charge on any atom is -0.486 e. The van der Waals surface area contributed by atoms with E-state index in [2.05, 4.69) is 4.98 Å². The lowest BCUT2D eigenvalue weighted by Crippen LogP contribution is -2.12. The van der Waals surface area contributed by atoms with Crippen LogP contribution in [0.4, 0.5) is 13.2 Å². The van der Waals surface area contributed by atoms with Crippen molar-refractivity contribution in [2.45, 2.75) is 13.5 Å². The Morgan fingerprint density at radius 3 is 2.48 bits per heavy atom. The number of aromatic amines is 1. The molecule has 0 saturated carbocycles. The molecular formula is C20H13F3N2O2. The van der Waals surface area contributed by atoms with Gasteiger partial charge in [0.05, 0.1) is 0 Å². The maximum Gasteiger partial charge on any atom is 0.266 e. The summed E-state index contributed by atoms with van der Waals surface area (Å²) in [6, 6.07) is 10.7. The predicted molar refractivity (Wildman–Crippen MR) is 92.6 cm³/mol. The van der Waals surface area contributed by atoms with Gasteiger partial charge in [-0.25, -0.2) is 13.2 Å². The first-order valence-electron chi connectivity index (χ1n) is 7.89. The number of benzene rings is 2. The molecule has 2 aromatic carbocycles. The van der Waals surface area contributed by atoms with Crippen molar-refractivity contribution < 1.29 is 17.9 Å². The summed E-state index contributed by atoms with van der Waals surface area (Å²) in [5.74, 6) is -2.79. The molecule has 0 unspecified atom stereocenters. The van der Waals surface area contributed by atoms with E-state index in [9.17, 15) is 23.2 Å². The van der Waals surface area contributed by atoms with Crippen molar-refractivity contribution in [3.63, 3.8) is 0 Å². The fourth-order valence-corrected chi connectivity index (χ4v) is 2.60. The number of nitriles is 1. The van der Waals surface area contributed by atoms with Gasteiger partial charge in [-0.05, 0) is 48.4 Å². The number of nitrogens with zero attached hydrogens (tertiary/aromatic N) is 1. The lowest BCUT2D eigenvalue weighted by molar-refractivity contribution is 0.289. The van der Waals surface area contributed by atoms with Crippen LogP contribution in [0.1, 0.15) is 16.8 Å². The number of H-pyrrole nitrogens is 1. The van der Waals surface area contributed by atoms with Crippen molar-refractivity contribution in [1.82, 2.24) is 4.98 Å². The summed E-state index contributed by atoms with van der Waals surface area (Å²) < 4.78 is 45.8. The summed E-state index contributed by atoms with van der Waals surface area (Å²) in [6.45, 7) is 1.50. The number of pyridine rings is 1. The minimum atomic E-state index is -1.01.